The van der Waals surface area contributed by atoms with Crippen molar-refractivity contribution in [2.45, 2.75) is 17.0 Å². The third-order valence-electron chi connectivity index (χ3n) is 3.63. The largest absolute Gasteiger partial charge is 0.296 e. The third-order valence-corrected chi connectivity index (χ3v) is 6.98. The van der Waals surface area contributed by atoms with Crippen molar-refractivity contribution in [1.29, 1.82) is 0 Å². The van der Waals surface area contributed by atoms with E-state index in [2.05, 4.69) is 20.2 Å². The molecule has 146 valence electrons. The van der Waals surface area contributed by atoms with Crippen molar-refractivity contribution in [3.05, 3.63) is 65.7 Å². The first-order valence-electron chi connectivity index (χ1n) is 8.37. The van der Waals surface area contributed by atoms with Crippen molar-refractivity contribution in [2.75, 3.05) is 15.8 Å². The van der Waals surface area contributed by atoms with Gasteiger partial charge in [-0.15, -0.1) is 10.2 Å². The van der Waals surface area contributed by atoms with Gasteiger partial charge in [0.2, 0.25) is 15.2 Å². The maximum Gasteiger partial charge on any atom is 0.257 e. The van der Waals surface area contributed by atoms with Crippen LogP contribution in [0.4, 0.5) is 10.8 Å². The van der Waals surface area contributed by atoms with Gasteiger partial charge in [-0.05, 0) is 36.8 Å². The molecule has 0 aliphatic heterocycles. The molecule has 0 saturated heterocycles. The van der Waals surface area contributed by atoms with Crippen molar-refractivity contribution in [3.63, 3.8) is 0 Å². The van der Waals surface area contributed by atoms with E-state index >= 15 is 0 Å². The van der Waals surface area contributed by atoms with Crippen molar-refractivity contribution < 1.29 is 13.2 Å². The second-order valence-electron chi connectivity index (χ2n) is 5.68. The van der Waals surface area contributed by atoms with Crippen LogP contribution in [0.5, 0.6) is 0 Å². The minimum Gasteiger partial charge on any atom is -0.296 e. The van der Waals surface area contributed by atoms with Gasteiger partial charge < -0.3 is 0 Å². The van der Waals surface area contributed by atoms with Crippen molar-refractivity contribution in [2.24, 2.45) is 0 Å². The number of carbonyl (C=O) groups excluding carboxylic acids is 1. The molecule has 2 aromatic carbocycles. The number of rotatable bonds is 8. The highest BCUT2D eigenvalue weighted by Crippen LogP contribution is 2.28. The predicted octanol–water partition coefficient (Wildman–Crippen LogP) is 3.84. The lowest BCUT2D eigenvalue weighted by Crippen LogP contribution is -2.15. The highest BCUT2D eigenvalue weighted by Gasteiger charge is 2.12. The molecule has 10 heteroatoms. The Kier molecular flexibility index (Phi) is 6.65. The number of sulfonamides is 1. The van der Waals surface area contributed by atoms with E-state index in [1.54, 1.807) is 43.0 Å². The Hall–Kier alpha value is -2.43. The van der Waals surface area contributed by atoms with Crippen LogP contribution < -0.4 is 10.0 Å². The zero-order valence-corrected chi connectivity index (χ0v) is 17.4. The lowest BCUT2D eigenvalue weighted by atomic mass is 10.2. The van der Waals surface area contributed by atoms with Gasteiger partial charge in [0.15, 0.2) is 4.34 Å². The molecular weight excluding hydrogens is 416 g/mol. The Labute approximate surface area is 171 Å². The van der Waals surface area contributed by atoms with Crippen LogP contribution >= 0.6 is 23.1 Å². The van der Waals surface area contributed by atoms with Gasteiger partial charge in [-0.1, -0.05) is 53.4 Å². The summed E-state index contributed by atoms with van der Waals surface area (Å²) in [7, 11) is -3.35. The predicted molar refractivity (Wildman–Crippen MR) is 113 cm³/mol. The monoisotopic (exact) mass is 434 g/mol. The number of aromatic nitrogens is 2. The number of hydrogen-bond acceptors (Lipinski definition) is 7. The quantitative estimate of drug-likeness (QED) is 0.413. The van der Waals surface area contributed by atoms with Gasteiger partial charge in [-0.25, -0.2) is 8.42 Å². The zero-order chi connectivity index (χ0) is 20.0. The van der Waals surface area contributed by atoms with Crippen molar-refractivity contribution >= 4 is 49.8 Å². The molecule has 3 aromatic rings. The maximum absolute atomic E-state index is 12.3. The summed E-state index contributed by atoms with van der Waals surface area (Å²) in [5, 5.41) is 11.2. The molecule has 0 aliphatic rings. The normalized spacial score (nSPS) is 11.2. The van der Waals surface area contributed by atoms with Crippen molar-refractivity contribution in [1.82, 2.24) is 10.2 Å². The summed E-state index contributed by atoms with van der Waals surface area (Å²) in [4.78, 5) is 12.3. The molecule has 0 aliphatic carbocycles. The molecule has 0 unspecified atom stereocenters. The van der Waals surface area contributed by atoms with E-state index in [0.29, 0.717) is 16.4 Å². The molecule has 0 saturated carbocycles. The Morgan fingerprint density at radius 3 is 2.46 bits per heavy atom. The van der Waals surface area contributed by atoms with Crippen LogP contribution in [0.3, 0.4) is 0 Å². The van der Waals surface area contributed by atoms with E-state index in [1.807, 2.05) is 30.3 Å². The maximum atomic E-state index is 12.3. The van der Waals surface area contributed by atoms with Gasteiger partial charge in [0.05, 0.1) is 5.75 Å². The minimum absolute atomic E-state index is 0.0170. The Morgan fingerprint density at radius 1 is 1.07 bits per heavy atom. The summed E-state index contributed by atoms with van der Waals surface area (Å²) < 4.78 is 26.3. The van der Waals surface area contributed by atoms with E-state index in [-0.39, 0.29) is 11.7 Å². The number of anilines is 2. The molecule has 3 rings (SSSR count). The summed E-state index contributed by atoms with van der Waals surface area (Å²) >= 11 is 2.86. The number of hydrogen-bond donors (Lipinski definition) is 2. The first-order chi connectivity index (χ1) is 13.4. The summed E-state index contributed by atoms with van der Waals surface area (Å²) in [6.45, 7) is 1.55. The van der Waals surface area contributed by atoms with Gasteiger partial charge in [-0.3, -0.25) is 14.8 Å². The van der Waals surface area contributed by atoms with Crippen LogP contribution in [-0.2, 0) is 15.8 Å². The fourth-order valence-corrected chi connectivity index (χ4v) is 4.49. The second-order valence-corrected chi connectivity index (χ2v) is 9.90. The average molecular weight is 435 g/mol. The number of thioether (sulfide) groups is 1. The lowest BCUT2D eigenvalue weighted by Gasteiger charge is -2.06. The topological polar surface area (TPSA) is 101 Å². The molecule has 0 bridgehead atoms. The molecule has 2 N–H and O–H groups in total. The molecule has 28 heavy (non-hydrogen) atoms. The van der Waals surface area contributed by atoms with Gasteiger partial charge in [-0.2, -0.15) is 0 Å². The van der Waals surface area contributed by atoms with Gasteiger partial charge in [0.25, 0.3) is 5.91 Å². The van der Waals surface area contributed by atoms with E-state index in [0.717, 1.165) is 10.1 Å². The molecule has 1 heterocycles. The molecule has 0 radical (unpaired) electrons. The summed E-state index contributed by atoms with van der Waals surface area (Å²) in [6, 6.07) is 16.2. The van der Waals surface area contributed by atoms with E-state index in [9.17, 15) is 13.2 Å². The zero-order valence-electron chi connectivity index (χ0n) is 15.0. The molecule has 1 aromatic heterocycles. The Bertz CT molecular complexity index is 1040. The van der Waals surface area contributed by atoms with E-state index < -0.39 is 10.0 Å². The molecule has 0 fully saturated rings. The van der Waals surface area contributed by atoms with Crippen LogP contribution in [0.15, 0.2) is 58.9 Å². The second kappa shape index (κ2) is 9.18. The third kappa shape index (κ3) is 5.78. The van der Waals surface area contributed by atoms with Gasteiger partial charge >= 0.3 is 0 Å². The number of amides is 1. The molecule has 0 atom stereocenters. The molecule has 0 spiro atoms. The average Bonchev–Trinajstić information content (AvgIpc) is 3.15. The Morgan fingerprint density at radius 2 is 1.79 bits per heavy atom. The molecular formula is C18H18N4O3S3. The highest BCUT2D eigenvalue weighted by atomic mass is 32.2. The van der Waals surface area contributed by atoms with Crippen molar-refractivity contribution in [3.8, 4) is 0 Å². The van der Waals surface area contributed by atoms with Gasteiger partial charge in [0.1, 0.15) is 0 Å². The van der Waals surface area contributed by atoms with Crippen LogP contribution in [0.25, 0.3) is 0 Å². The van der Waals surface area contributed by atoms with Crippen LogP contribution in [0, 0.1) is 0 Å². The summed E-state index contributed by atoms with van der Waals surface area (Å²) in [5.41, 5.74) is 1.99. The standard InChI is InChI=1S/C18H18N4O3S3/c1-2-28(24,25)22-15-10-8-14(9-11-15)16(23)19-17-20-21-18(27-17)26-12-13-6-4-3-5-7-13/h3-11,22H,2,12H2,1H3,(H,19,20,23). The first-order valence-corrected chi connectivity index (χ1v) is 11.8. The number of nitrogens with one attached hydrogen (secondary N) is 2. The SMILES string of the molecule is CCS(=O)(=O)Nc1ccc(C(=O)Nc2nnc(SCc3ccccc3)s2)cc1. The first kappa shape index (κ1) is 20.3. The van der Waals surface area contributed by atoms with Crippen LogP contribution in [-0.4, -0.2) is 30.3 Å². The van der Waals surface area contributed by atoms with Gasteiger partial charge in [0, 0.05) is 17.0 Å². The minimum atomic E-state index is -3.35. The van der Waals surface area contributed by atoms with E-state index in [4.69, 9.17) is 0 Å². The van der Waals surface area contributed by atoms with Crippen LogP contribution in [0.2, 0.25) is 0 Å². The smallest absolute Gasteiger partial charge is 0.257 e. The highest BCUT2D eigenvalue weighted by molar-refractivity contribution is 8.00. The molecule has 7 nitrogen and oxygen atoms in total. The number of benzene rings is 2. The fraction of sp³-hybridized carbons (Fsp3) is 0.167. The van der Waals surface area contributed by atoms with E-state index in [1.165, 1.54) is 16.9 Å². The number of nitrogens with zero attached hydrogens (tertiary/aromatic N) is 2. The summed E-state index contributed by atoms with van der Waals surface area (Å²) in [6.07, 6.45) is 0. The number of carbonyl (C=O) groups is 1. The molecule has 1 amide bonds. The van der Waals surface area contributed by atoms with Crippen LogP contribution in [0.1, 0.15) is 22.8 Å². The Balaban J connectivity index is 1.57. The lowest BCUT2D eigenvalue weighted by molar-refractivity contribution is 0.102. The fourth-order valence-electron chi connectivity index (χ4n) is 2.15. The summed E-state index contributed by atoms with van der Waals surface area (Å²) in [5.74, 6) is 0.427.